The van der Waals surface area contributed by atoms with Crippen LogP contribution in [0.15, 0.2) is 34.6 Å². The molecule has 2 rings (SSSR count). The number of rotatable bonds is 9. The van der Waals surface area contributed by atoms with Gasteiger partial charge in [0.05, 0.1) is 18.8 Å². The van der Waals surface area contributed by atoms with Gasteiger partial charge in [0, 0.05) is 58.4 Å². The van der Waals surface area contributed by atoms with Crippen molar-refractivity contribution >= 4 is 52.1 Å². The van der Waals surface area contributed by atoms with Crippen LogP contribution < -0.4 is 20.3 Å². The summed E-state index contributed by atoms with van der Waals surface area (Å²) in [6.45, 7) is 1.93. The van der Waals surface area contributed by atoms with E-state index in [1.807, 2.05) is 48.6 Å². The Labute approximate surface area is 182 Å². The molecule has 150 valence electrons. The number of benzene rings is 1. The Balaban J connectivity index is 0.00000364. The summed E-state index contributed by atoms with van der Waals surface area (Å²) in [6, 6.07) is 7.81. The van der Waals surface area contributed by atoms with Gasteiger partial charge in [0.15, 0.2) is 11.1 Å². The van der Waals surface area contributed by atoms with E-state index < -0.39 is 0 Å². The number of aliphatic imine (C=N–C) groups is 1. The van der Waals surface area contributed by atoms with Gasteiger partial charge in [0.2, 0.25) is 0 Å². The van der Waals surface area contributed by atoms with Gasteiger partial charge < -0.3 is 25.0 Å². The van der Waals surface area contributed by atoms with Crippen LogP contribution in [0.2, 0.25) is 0 Å². The van der Waals surface area contributed by atoms with Crippen molar-refractivity contribution in [3.8, 4) is 5.75 Å². The highest BCUT2D eigenvalue weighted by Crippen LogP contribution is 2.19. The molecule has 1 heterocycles. The SMILES string of the molecule is CN=C(NCc1csc(N(C)C)n1)Nc1cccc(OCCCOC)c1.I. The molecule has 0 aliphatic carbocycles. The third-order valence-corrected chi connectivity index (χ3v) is 4.50. The molecular formula is C18H28IN5O2S. The summed E-state index contributed by atoms with van der Waals surface area (Å²) < 4.78 is 10.8. The van der Waals surface area contributed by atoms with Crippen LogP contribution in [0.3, 0.4) is 0 Å². The van der Waals surface area contributed by atoms with Gasteiger partial charge in [-0.05, 0) is 12.1 Å². The van der Waals surface area contributed by atoms with Crippen molar-refractivity contribution in [2.75, 3.05) is 51.7 Å². The summed E-state index contributed by atoms with van der Waals surface area (Å²) in [5.41, 5.74) is 1.89. The van der Waals surface area contributed by atoms with Gasteiger partial charge in [-0.1, -0.05) is 6.07 Å². The normalized spacial score (nSPS) is 10.9. The molecule has 27 heavy (non-hydrogen) atoms. The number of anilines is 2. The molecule has 0 saturated carbocycles. The van der Waals surface area contributed by atoms with E-state index >= 15 is 0 Å². The second-order valence-electron chi connectivity index (χ2n) is 5.79. The molecule has 9 heteroatoms. The molecule has 1 aromatic heterocycles. The first-order valence-electron chi connectivity index (χ1n) is 8.43. The number of hydrogen-bond donors (Lipinski definition) is 2. The summed E-state index contributed by atoms with van der Waals surface area (Å²) in [5.74, 6) is 1.50. The Hall–Kier alpha value is -1.59. The van der Waals surface area contributed by atoms with Gasteiger partial charge in [-0.3, -0.25) is 4.99 Å². The highest BCUT2D eigenvalue weighted by Gasteiger charge is 2.06. The van der Waals surface area contributed by atoms with Gasteiger partial charge in [0.1, 0.15) is 5.75 Å². The average Bonchev–Trinajstić information content (AvgIpc) is 3.12. The molecule has 0 radical (unpaired) electrons. The van der Waals surface area contributed by atoms with Crippen LogP contribution in [0.25, 0.3) is 0 Å². The van der Waals surface area contributed by atoms with E-state index in [1.54, 1.807) is 25.5 Å². The Morgan fingerprint density at radius 1 is 1.30 bits per heavy atom. The first-order chi connectivity index (χ1) is 12.6. The van der Waals surface area contributed by atoms with Gasteiger partial charge in [-0.15, -0.1) is 35.3 Å². The number of aromatic nitrogens is 1. The number of guanidine groups is 1. The van der Waals surface area contributed by atoms with Crippen molar-refractivity contribution in [1.29, 1.82) is 0 Å². The van der Waals surface area contributed by atoms with Crippen molar-refractivity contribution in [3.63, 3.8) is 0 Å². The molecule has 0 aliphatic heterocycles. The second-order valence-corrected chi connectivity index (χ2v) is 6.63. The predicted octanol–water partition coefficient (Wildman–Crippen LogP) is 3.43. The molecule has 0 bridgehead atoms. The monoisotopic (exact) mass is 505 g/mol. The van der Waals surface area contributed by atoms with E-state index in [9.17, 15) is 0 Å². The molecule has 0 unspecified atom stereocenters. The van der Waals surface area contributed by atoms with E-state index in [2.05, 4.69) is 20.6 Å². The lowest BCUT2D eigenvalue weighted by Crippen LogP contribution is -2.30. The molecule has 2 N–H and O–H groups in total. The summed E-state index contributed by atoms with van der Waals surface area (Å²) in [5, 5.41) is 9.58. The fraction of sp³-hybridized carbons (Fsp3) is 0.444. The van der Waals surface area contributed by atoms with Crippen LogP contribution in [0, 0.1) is 0 Å². The fourth-order valence-electron chi connectivity index (χ4n) is 2.13. The van der Waals surface area contributed by atoms with Gasteiger partial charge in [0.25, 0.3) is 0 Å². The lowest BCUT2D eigenvalue weighted by molar-refractivity contribution is 0.172. The summed E-state index contributed by atoms with van der Waals surface area (Å²) >= 11 is 1.62. The first-order valence-corrected chi connectivity index (χ1v) is 9.31. The maximum atomic E-state index is 5.72. The summed E-state index contributed by atoms with van der Waals surface area (Å²) in [6.07, 6.45) is 0.861. The van der Waals surface area contributed by atoms with E-state index in [0.717, 1.165) is 28.7 Å². The molecule has 0 fully saturated rings. The van der Waals surface area contributed by atoms with Crippen molar-refractivity contribution in [1.82, 2.24) is 10.3 Å². The Morgan fingerprint density at radius 2 is 2.11 bits per heavy atom. The fourth-order valence-corrected chi connectivity index (χ4v) is 2.89. The number of ether oxygens (including phenoxy) is 2. The van der Waals surface area contributed by atoms with Crippen LogP contribution in [0.5, 0.6) is 5.75 Å². The van der Waals surface area contributed by atoms with Crippen LogP contribution in [-0.2, 0) is 11.3 Å². The molecule has 0 aliphatic rings. The van der Waals surface area contributed by atoms with Crippen molar-refractivity contribution in [3.05, 3.63) is 35.3 Å². The topological polar surface area (TPSA) is 71.0 Å². The lowest BCUT2D eigenvalue weighted by atomic mass is 10.3. The Kier molecular flexibility index (Phi) is 11.1. The van der Waals surface area contributed by atoms with Gasteiger partial charge >= 0.3 is 0 Å². The number of halogens is 1. The minimum absolute atomic E-state index is 0. The van der Waals surface area contributed by atoms with Crippen LogP contribution >= 0.6 is 35.3 Å². The molecule has 0 saturated heterocycles. The Bertz CT molecular complexity index is 709. The highest BCUT2D eigenvalue weighted by atomic mass is 127. The molecule has 0 amide bonds. The van der Waals surface area contributed by atoms with Crippen LogP contribution in [-0.4, -0.2) is 52.4 Å². The zero-order valence-electron chi connectivity index (χ0n) is 16.2. The van der Waals surface area contributed by atoms with Crippen molar-refractivity contribution in [2.24, 2.45) is 4.99 Å². The second kappa shape index (κ2) is 12.7. The largest absolute Gasteiger partial charge is 0.493 e. The Morgan fingerprint density at radius 3 is 2.78 bits per heavy atom. The number of thiazole rings is 1. The quantitative estimate of drug-likeness (QED) is 0.236. The van der Waals surface area contributed by atoms with Crippen LogP contribution in [0.4, 0.5) is 10.8 Å². The number of hydrogen-bond acceptors (Lipinski definition) is 6. The third kappa shape index (κ3) is 8.31. The predicted molar refractivity (Wildman–Crippen MR) is 124 cm³/mol. The first kappa shape index (κ1) is 23.4. The third-order valence-electron chi connectivity index (χ3n) is 3.44. The highest BCUT2D eigenvalue weighted by molar-refractivity contribution is 14.0. The lowest BCUT2D eigenvalue weighted by Gasteiger charge is -2.12. The minimum atomic E-state index is 0. The maximum absolute atomic E-state index is 5.72. The summed E-state index contributed by atoms with van der Waals surface area (Å²) in [4.78, 5) is 10.8. The average molecular weight is 505 g/mol. The molecule has 0 spiro atoms. The molecule has 7 nitrogen and oxygen atoms in total. The zero-order valence-corrected chi connectivity index (χ0v) is 19.3. The molecule has 0 atom stereocenters. The van der Waals surface area contributed by atoms with E-state index in [-0.39, 0.29) is 24.0 Å². The number of nitrogens with one attached hydrogen (secondary N) is 2. The molecule has 1 aromatic carbocycles. The molecule has 2 aromatic rings. The van der Waals surface area contributed by atoms with E-state index in [0.29, 0.717) is 25.7 Å². The number of nitrogens with zero attached hydrogens (tertiary/aromatic N) is 3. The minimum Gasteiger partial charge on any atom is -0.493 e. The van der Waals surface area contributed by atoms with Crippen molar-refractivity contribution in [2.45, 2.75) is 13.0 Å². The van der Waals surface area contributed by atoms with Crippen molar-refractivity contribution < 1.29 is 9.47 Å². The molecular weight excluding hydrogens is 477 g/mol. The smallest absolute Gasteiger partial charge is 0.195 e. The van der Waals surface area contributed by atoms with E-state index in [1.165, 1.54) is 0 Å². The zero-order chi connectivity index (χ0) is 18.8. The summed E-state index contributed by atoms with van der Waals surface area (Å²) in [7, 11) is 7.41. The number of methoxy groups -OCH3 is 1. The van der Waals surface area contributed by atoms with Gasteiger partial charge in [-0.2, -0.15) is 0 Å². The van der Waals surface area contributed by atoms with Crippen LogP contribution in [0.1, 0.15) is 12.1 Å². The van der Waals surface area contributed by atoms with Gasteiger partial charge in [-0.25, -0.2) is 4.98 Å². The maximum Gasteiger partial charge on any atom is 0.195 e. The standard InChI is InChI=1S/C18H27N5O2S.HI/c1-19-17(20-12-15-13-26-18(22-15)23(2)3)21-14-7-5-8-16(11-14)25-10-6-9-24-4;/h5,7-8,11,13H,6,9-10,12H2,1-4H3,(H2,19,20,21);1H. The van der Waals surface area contributed by atoms with E-state index in [4.69, 9.17) is 9.47 Å².